The molecule has 0 aliphatic rings. The summed E-state index contributed by atoms with van der Waals surface area (Å²) in [6, 6.07) is 16.1. The van der Waals surface area contributed by atoms with Crippen LogP contribution in [-0.2, 0) is 0 Å². The fraction of sp³-hybridized carbons (Fsp3) is 0.294. The molecule has 1 N–H and O–H groups in total. The summed E-state index contributed by atoms with van der Waals surface area (Å²) in [6.45, 7) is 4.60. The Morgan fingerprint density at radius 3 is 2.55 bits per heavy atom. The Balaban J connectivity index is 1.79. The van der Waals surface area contributed by atoms with Crippen LogP contribution < -0.4 is 9.20 Å². The molecule has 0 fully saturated rings. The Morgan fingerprint density at radius 1 is 1.10 bits per heavy atom. The van der Waals surface area contributed by atoms with Crippen molar-refractivity contribution in [2.24, 2.45) is 0 Å². The molecule has 2 rings (SSSR count). The van der Waals surface area contributed by atoms with Crippen LogP contribution in [0.4, 0.5) is 0 Å². The molecule has 0 heterocycles. The molecule has 0 aliphatic carbocycles. The van der Waals surface area contributed by atoms with Crippen molar-refractivity contribution >= 4 is 19.4 Å². The first-order valence-corrected chi connectivity index (χ1v) is 8.78. The molecule has 1 unspecified atom stereocenters. The van der Waals surface area contributed by atoms with Gasteiger partial charge in [0, 0.05) is 0 Å². The molecule has 0 spiro atoms. The van der Waals surface area contributed by atoms with Crippen LogP contribution in [0.15, 0.2) is 48.5 Å². The van der Waals surface area contributed by atoms with Crippen molar-refractivity contribution in [3.63, 3.8) is 0 Å². The molecule has 2 aromatic carbocycles. The van der Waals surface area contributed by atoms with Crippen molar-refractivity contribution in [3.8, 4) is 5.75 Å². The molecule has 0 saturated heterocycles. The van der Waals surface area contributed by atoms with Crippen molar-refractivity contribution in [1.82, 2.24) is 0 Å². The average molecular weight is 335 g/mol. The summed E-state index contributed by atoms with van der Waals surface area (Å²) in [5.41, 5.74) is 2.61. The SMILES string of the molecule is Cc1ccc([Se]CC(O)COc2ccccc2)c(C)c1. The Kier molecular flexibility index (Phi) is 5.66. The van der Waals surface area contributed by atoms with Gasteiger partial charge < -0.3 is 0 Å². The Hall–Kier alpha value is -1.28. The first kappa shape index (κ1) is 15.1. The van der Waals surface area contributed by atoms with E-state index in [-0.39, 0.29) is 15.0 Å². The zero-order chi connectivity index (χ0) is 14.4. The molecule has 0 aliphatic heterocycles. The van der Waals surface area contributed by atoms with E-state index in [2.05, 4.69) is 32.0 Å². The van der Waals surface area contributed by atoms with Gasteiger partial charge in [-0.15, -0.1) is 0 Å². The van der Waals surface area contributed by atoms with Gasteiger partial charge in [0.05, 0.1) is 0 Å². The molecule has 2 aromatic rings. The van der Waals surface area contributed by atoms with Gasteiger partial charge in [-0.25, -0.2) is 0 Å². The molecular weight excluding hydrogens is 315 g/mol. The number of para-hydroxylation sites is 1. The van der Waals surface area contributed by atoms with Crippen LogP contribution >= 0.6 is 0 Å². The Labute approximate surface area is 127 Å². The fourth-order valence-corrected chi connectivity index (χ4v) is 3.83. The van der Waals surface area contributed by atoms with Gasteiger partial charge >= 0.3 is 127 Å². The van der Waals surface area contributed by atoms with Crippen LogP contribution in [0.1, 0.15) is 11.1 Å². The van der Waals surface area contributed by atoms with E-state index in [1.807, 2.05) is 30.3 Å². The normalized spacial score (nSPS) is 12.2. The zero-order valence-corrected chi connectivity index (χ0v) is 13.6. The number of aliphatic hydroxyl groups excluding tert-OH is 1. The van der Waals surface area contributed by atoms with Gasteiger partial charge in [0.2, 0.25) is 0 Å². The molecular formula is C17H20O2Se. The third-order valence-corrected chi connectivity index (χ3v) is 5.72. The van der Waals surface area contributed by atoms with Crippen LogP contribution in [0, 0.1) is 13.8 Å². The van der Waals surface area contributed by atoms with Gasteiger partial charge in [-0.05, 0) is 0 Å². The van der Waals surface area contributed by atoms with Crippen molar-refractivity contribution in [2.75, 3.05) is 6.61 Å². The van der Waals surface area contributed by atoms with E-state index in [1.165, 1.54) is 15.6 Å². The number of rotatable bonds is 6. The van der Waals surface area contributed by atoms with Crippen LogP contribution in [-0.4, -0.2) is 32.8 Å². The van der Waals surface area contributed by atoms with Crippen LogP contribution in [0.2, 0.25) is 5.32 Å². The number of aliphatic hydroxyl groups is 1. The first-order chi connectivity index (χ1) is 9.65. The molecule has 0 saturated carbocycles. The summed E-state index contributed by atoms with van der Waals surface area (Å²) in [4.78, 5) is 0. The number of benzene rings is 2. The Bertz CT molecular complexity index is 540. The summed E-state index contributed by atoms with van der Waals surface area (Å²) in [5.74, 6) is 0.811. The van der Waals surface area contributed by atoms with E-state index < -0.39 is 6.10 Å². The zero-order valence-electron chi connectivity index (χ0n) is 11.9. The monoisotopic (exact) mass is 336 g/mol. The maximum absolute atomic E-state index is 10.0. The van der Waals surface area contributed by atoms with Gasteiger partial charge in [-0.1, -0.05) is 0 Å². The molecule has 0 radical (unpaired) electrons. The van der Waals surface area contributed by atoms with E-state index in [4.69, 9.17) is 4.74 Å². The summed E-state index contributed by atoms with van der Waals surface area (Å²) >= 11 is 0.289. The fourth-order valence-electron chi connectivity index (χ4n) is 1.90. The van der Waals surface area contributed by atoms with E-state index >= 15 is 0 Å². The third kappa shape index (κ3) is 4.68. The molecule has 0 aromatic heterocycles. The second-order valence-electron chi connectivity index (χ2n) is 4.86. The summed E-state index contributed by atoms with van der Waals surface area (Å²) in [6.07, 6.45) is -0.407. The number of hydrogen-bond donors (Lipinski definition) is 1. The van der Waals surface area contributed by atoms with E-state index in [9.17, 15) is 5.11 Å². The van der Waals surface area contributed by atoms with Gasteiger partial charge in [0.1, 0.15) is 0 Å². The van der Waals surface area contributed by atoms with Crippen LogP contribution in [0.5, 0.6) is 5.75 Å². The third-order valence-electron chi connectivity index (χ3n) is 2.95. The van der Waals surface area contributed by atoms with Gasteiger partial charge in [0.15, 0.2) is 0 Å². The number of hydrogen-bond acceptors (Lipinski definition) is 2. The predicted molar refractivity (Wildman–Crippen MR) is 84.1 cm³/mol. The summed E-state index contributed by atoms with van der Waals surface area (Å²) in [7, 11) is 0. The van der Waals surface area contributed by atoms with Gasteiger partial charge in [0.25, 0.3) is 0 Å². The standard InChI is InChI=1S/C17H20O2Se/c1-13-8-9-17(14(2)10-13)20-12-15(18)11-19-16-6-4-3-5-7-16/h3-10,15,18H,11-12H2,1-2H3. The average Bonchev–Trinajstić information content (AvgIpc) is 2.45. The van der Waals surface area contributed by atoms with Crippen molar-refractivity contribution < 1.29 is 9.84 Å². The maximum atomic E-state index is 10.0. The van der Waals surface area contributed by atoms with Crippen molar-refractivity contribution in [1.29, 1.82) is 0 Å². The minimum atomic E-state index is -0.407. The topological polar surface area (TPSA) is 29.5 Å². The molecule has 0 bridgehead atoms. The van der Waals surface area contributed by atoms with Crippen LogP contribution in [0.25, 0.3) is 0 Å². The van der Waals surface area contributed by atoms with Gasteiger partial charge in [-0.3, -0.25) is 0 Å². The van der Waals surface area contributed by atoms with E-state index in [0.29, 0.717) is 6.61 Å². The summed E-state index contributed by atoms with van der Waals surface area (Å²) in [5, 5.41) is 10.8. The molecule has 2 nitrogen and oxygen atoms in total. The second kappa shape index (κ2) is 7.49. The second-order valence-corrected chi connectivity index (χ2v) is 7.09. The molecule has 0 amide bonds. The molecule has 1 atom stereocenters. The number of aryl methyl sites for hydroxylation is 2. The minimum absolute atomic E-state index is 0.289. The predicted octanol–water partition coefficient (Wildman–Crippen LogP) is 2.49. The molecule has 3 heteroatoms. The number of ether oxygens (including phenoxy) is 1. The van der Waals surface area contributed by atoms with Gasteiger partial charge in [-0.2, -0.15) is 0 Å². The van der Waals surface area contributed by atoms with E-state index in [1.54, 1.807) is 0 Å². The Morgan fingerprint density at radius 2 is 1.85 bits per heavy atom. The first-order valence-electron chi connectivity index (χ1n) is 6.71. The van der Waals surface area contributed by atoms with Crippen molar-refractivity contribution in [2.45, 2.75) is 25.3 Å². The van der Waals surface area contributed by atoms with Crippen LogP contribution in [0.3, 0.4) is 0 Å². The van der Waals surface area contributed by atoms with E-state index in [0.717, 1.165) is 11.1 Å². The molecule has 20 heavy (non-hydrogen) atoms. The quantitative estimate of drug-likeness (QED) is 0.822. The summed E-state index contributed by atoms with van der Waals surface area (Å²) < 4.78 is 6.93. The molecule has 106 valence electrons. The van der Waals surface area contributed by atoms with Crippen molar-refractivity contribution in [3.05, 3.63) is 59.7 Å².